The molecule has 0 N–H and O–H groups in total. The molecule has 0 aliphatic heterocycles. The predicted molar refractivity (Wildman–Crippen MR) is 79.6 cm³/mol. The third-order valence-corrected chi connectivity index (χ3v) is 2.49. The van der Waals surface area contributed by atoms with E-state index in [9.17, 15) is 4.79 Å². The quantitative estimate of drug-likeness (QED) is 0.453. The van der Waals surface area contributed by atoms with Crippen LogP contribution in [-0.2, 0) is 9.63 Å². The molecule has 0 bridgehead atoms. The highest BCUT2D eigenvalue weighted by Gasteiger charge is 2.08. The SMILES string of the molecule is CON(C)C(=O)/C(C)=C/C=C/C=C/C=C/c1ccco1. The fraction of sp³-hybridized carbons (Fsp3) is 0.188. The maximum Gasteiger partial charge on any atom is 0.272 e. The second kappa shape index (κ2) is 8.72. The van der Waals surface area contributed by atoms with Crippen molar-refractivity contribution in [2.24, 2.45) is 0 Å². The lowest BCUT2D eigenvalue weighted by molar-refractivity contribution is -0.163. The molecule has 0 saturated carbocycles. The van der Waals surface area contributed by atoms with Crippen LogP contribution in [0.1, 0.15) is 12.7 Å². The molecule has 106 valence electrons. The molecule has 0 unspecified atom stereocenters. The van der Waals surface area contributed by atoms with E-state index in [4.69, 9.17) is 9.25 Å². The van der Waals surface area contributed by atoms with Crippen molar-refractivity contribution in [2.45, 2.75) is 6.92 Å². The summed E-state index contributed by atoms with van der Waals surface area (Å²) in [5.74, 6) is 0.640. The number of furan rings is 1. The van der Waals surface area contributed by atoms with E-state index in [0.717, 1.165) is 5.76 Å². The minimum Gasteiger partial charge on any atom is -0.465 e. The van der Waals surface area contributed by atoms with Crippen LogP contribution < -0.4 is 0 Å². The first-order valence-corrected chi connectivity index (χ1v) is 6.19. The maximum absolute atomic E-state index is 11.6. The molecule has 4 nitrogen and oxygen atoms in total. The Morgan fingerprint density at radius 3 is 2.60 bits per heavy atom. The molecule has 1 aromatic heterocycles. The summed E-state index contributed by atoms with van der Waals surface area (Å²) in [6.45, 7) is 1.74. The zero-order valence-electron chi connectivity index (χ0n) is 11.9. The Bertz CT molecular complexity index is 522. The van der Waals surface area contributed by atoms with Crippen molar-refractivity contribution in [3.63, 3.8) is 0 Å². The number of hydroxylamine groups is 2. The summed E-state index contributed by atoms with van der Waals surface area (Å²) in [5.41, 5.74) is 0.602. The molecule has 0 aliphatic carbocycles. The number of carbonyl (C=O) groups is 1. The van der Waals surface area contributed by atoms with Crippen molar-refractivity contribution in [3.05, 3.63) is 66.2 Å². The third kappa shape index (κ3) is 5.54. The first-order chi connectivity index (χ1) is 9.65. The Kier molecular flexibility index (Phi) is 6.85. The summed E-state index contributed by atoms with van der Waals surface area (Å²) in [4.78, 5) is 16.4. The Hall–Kier alpha value is -2.33. The van der Waals surface area contributed by atoms with Crippen molar-refractivity contribution < 1.29 is 14.0 Å². The summed E-state index contributed by atoms with van der Waals surface area (Å²) < 4.78 is 5.15. The van der Waals surface area contributed by atoms with E-state index in [1.54, 1.807) is 32.4 Å². The molecule has 0 fully saturated rings. The molecule has 0 aromatic carbocycles. The van der Waals surface area contributed by atoms with Crippen LogP contribution in [0, 0.1) is 0 Å². The molecule has 0 saturated heterocycles. The van der Waals surface area contributed by atoms with Gasteiger partial charge in [-0.3, -0.25) is 9.63 Å². The van der Waals surface area contributed by atoms with Gasteiger partial charge in [-0.25, -0.2) is 5.06 Å². The number of nitrogens with zero attached hydrogens (tertiary/aromatic N) is 1. The third-order valence-electron chi connectivity index (χ3n) is 2.49. The molecule has 0 atom stereocenters. The molecular formula is C16H19NO3. The van der Waals surface area contributed by atoms with E-state index in [2.05, 4.69) is 0 Å². The number of amides is 1. The normalized spacial score (nSPS) is 12.8. The topological polar surface area (TPSA) is 42.7 Å². The van der Waals surface area contributed by atoms with Crippen LogP contribution in [0.2, 0.25) is 0 Å². The van der Waals surface area contributed by atoms with Gasteiger partial charge in [0.15, 0.2) is 0 Å². The predicted octanol–water partition coefficient (Wildman–Crippen LogP) is 3.37. The maximum atomic E-state index is 11.6. The molecule has 1 aromatic rings. The van der Waals surface area contributed by atoms with Gasteiger partial charge in [-0.05, 0) is 25.1 Å². The van der Waals surface area contributed by atoms with Crippen LogP contribution in [-0.4, -0.2) is 25.1 Å². The molecule has 0 radical (unpaired) electrons. The molecular weight excluding hydrogens is 254 g/mol. The van der Waals surface area contributed by atoms with E-state index in [-0.39, 0.29) is 5.91 Å². The lowest BCUT2D eigenvalue weighted by atomic mass is 10.2. The average molecular weight is 273 g/mol. The van der Waals surface area contributed by atoms with E-state index in [1.165, 1.54) is 12.2 Å². The monoisotopic (exact) mass is 273 g/mol. The van der Waals surface area contributed by atoms with Crippen LogP contribution in [0.5, 0.6) is 0 Å². The molecule has 4 heteroatoms. The van der Waals surface area contributed by atoms with E-state index >= 15 is 0 Å². The van der Waals surface area contributed by atoms with Crippen molar-refractivity contribution in [3.8, 4) is 0 Å². The zero-order chi connectivity index (χ0) is 14.8. The standard InChI is InChI=1S/C16H19NO3/c1-14(16(18)17(2)19-3)10-7-5-4-6-8-11-15-12-9-13-20-15/h4-13H,1-3H3/b6-4+,7-5+,11-8+,14-10+. The first kappa shape index (κ1) is 15.7. The number of hydrogen-bond donors (Lipinski definition) is 0. The number of hydrogen-bond acceptors (Lipinski definition) is 3. The Morgan fingerprint density at radius 1 is 1.25 bits per heavy atom. The molecule has 0 spiro atoms. The highest BCUT2D eigenvalue weighted by molar-refractivity contribution is 5.92. The molecule has 20 heavy (non-hydrogen) atoms. The summed E-state index contributed by atoms with van der Waals surface area (Å²) in [5, 5.41) is 1.18. The van der Waals surface area contributed by atoms with E-state index < -0.39 is 0 Å². The number of allylic oxidation sites excluding steroid dienone is 6. The van der Waals surface area contributed by atoms with Crippen LogP contribution in [0.4, 0.5) is 0 Å². The van der Waals surface area contributed by atoms with Crippen LogP contribution in [0.3, 0.4) is 0 Å². The first-order valence-electron chi connectivity index (χ1n) is 6.19. The van der Waals surface area contributed by atoms with Gasteiger partial charge in [0.1, 0.15) is 5.76 Å². The fourth-order valence-electron chi connectivity index (χ4n) is 1.33. The van der Waals surface area contributed by atoms with Gasteiger partial charge in [-0.15, -0.1) is 0 Å². The zero-order valence-corrected chi connectivity index (χ0v) is 11.9. The van der Waals surface area contributed by atoms with Crippen LogP contribution in [0.15, 0.2) is 64.8 Å². The minimum atomic E-state index is -0.168. The Morgan fingerprint density at radius 2 is 1.95 bits per heavy atom. The number of rotatable bonds is 6. The highest BCUT2D eigenvalue weighted by Crippen LogP contribution is 2.02. The lowest BCUT2D eigenvalue weighted by Gasteiger charge is -2.12. The van der Waals surface area contributed by atoms with E-state index in [0.29, 0.717) is 5.57 Å². The summed E-state index contributed by atoms with van der Waals surface area (Å²) in [6.07, 6.45) is 14.5. The van der Waals surface area contributed by atoms with Crippen molar-refractivity contribution in [2.75, 3.05) is 14.2 Å². The summed E-state index contributed by atoms with van der Waals surface area (Å²) >= 11 is 0. The molecule has 0 aliphatic rings. The van der Waals surface area contributed by atoms with Gasteiger partial charge >= 0.3 is 0 Å². The largest absolute Gasteiger partial charge is 0.465 e. The fourth-order valence-corrected chi connectivity index (χ4v) is 1.33. The van der Waals surface area contributed by atoms with Gasteiger partial charge in [0, 0.05) is 12.6 Å². The van der Waals surface area contributed by atoms with Crippen molar-refractivity contribution >= 4 is 12.0 Å². The van der Waals surface area contributed by atoms with E-state index in [1.807, 2.05) is 42.5 Å². The smallest absolute Gasteiger partial charge is 0.272 e. The average Bonchev–Trinajstić information content (AvgIpc) is 2.97. The minimum absolute atomic E-state index is 0.168. The Balaban J connectivity index is 2.43. The summed E-state index contributed by atoms with van der Waals surface area (Å²) in [6, 6.07) is 3.72. The van der Waals surface area contributed by atoms with Crippen LogP contribution >= 0.6 is 0 Å². The molecule has 1 amide bonds. The molecule has 1 heterocycles. The van der Waals surface area contributed by atoms with Crippen molar-refractivity contribution in [1.82, 2.24) is 5.06 Å². The molecule has 1 rings (SSSR count). The van der Waals surface area contributed by atoms with Crippen molar-refractivity contribution in [1.29, 1.82) is 0 Å². The second-order valence-electron chi connectivity index (χ2n) is 3.98. The second-order valence-corrected chi connectivity index (χ2v) is 3.98. The lowest BCUT2D eigenvalue weighted by Crippen LogP contribution is -2.25. The van der Waals surface area contributed by atoms with Gasteiger partial charge in [-0.2, -0.15) is 0 Å². The summed E-state index contributed by atoms with van der Waals surface area (Å²) in [7, 11) is 3.03. The van der Waals surface area contributed by atoms with Gasteiger partial charge in [-0.1, -0.05) is 36.5 Å². The highest BCUT2D eigenvalue weighted by atomic mass is 16.7. The number of likely N-dealkylation sites (N-methyl/N-ethyl adjacent to an activating group) is 1. The van der Waals surface area contributed by atoms with Gasteiger partial charge in [0.2, 0.25) is 0 Å². The van der Waals surface area contributed by atoms with Gasteiger partial charge < -0.3 is 4.42 Å². The Labute approximate surface area is 119 Å². The van der Waals surface area contributed by atoms with Gasteiger partial charge in [0.05, 0.1) is 13.4 Å². The van der Waals surface area contributed by atoms with Crippen LogP contribution in [0.25, 0.3) is 6.08 Å². The van der Waals surface area contributed by atoms with Gasteiger partial charge in [0.25, 0.3) is 5.91 Å². The number of carbonyl (C=O) groups excluding carboxylic acids is 1.